The average molecular weight is 317 g/mol. The number of hydrogen-bond donors (Lipinski definition) is 2. The largest absolute Gasteiger partial charge is 0.467 e. The number of rotatable bonds is 5. The van der Waals surface area contributed by atoms with Crippen molar-refractivity contribution in [2.24, 2.45) is 0 Å². The Morgan fingerprint density at radius 2 is 2.05 bits per heavy atom. The first-order valence-corrected chi connectivity index (χ1v) is 7.50. The topological polar surface area (TPSA) is 63.0 Å². The molecule has 0 amide bonds. The standard InChI is InChI=1S/C16H17ClN4O/c1-10(2)19-16-20-14-12(6-3-7-13(14)17)15(21-16)18-9-11-5-4-8-22-11/h3-8,10H,9H2,1-2H3,(H2,18,19,20,21). The van der Waals surface area contributed by atoms with Gasteiger partial charge in [0.25, 0.3) is 0 Å². The van der Waals surface area contributed by atoms with Gasteiger partial charge in [-0.25, -0.2) is 4.98 Å². The normalized spacial score (nSPS) is 11.1. The molecule has 0 atom stereocenters. The van der Waals surface area contributed by atoms with Crippen LogP contribution in [0, 0.1) is 0 Å². The SMILES string of the molecule is CC(C)Nc1nc(NCc2ccco2)c2cccc(Cl)c2n1. The highest BCUT2D eigenvalue weighted by molar-refractivity contribution is 6.35. The summed E-state index contributed by atoms with van der Waals surface area (Å²) in [5.74, 6) is 2.12. The number of fused-ring (bicyclic) bond motifs is 1. The Morgan fingerprint density at radius 3 is 2.77 bits per heavy atom. The van der Waals surface area contributed by atoms with Gasteiger partial charge in [0.2, 0.25) is 5.95 Å². The van der Waals surface area contributed by atoms with Crippen molar-refractivity contribution in [1.29, 1.82) is 0 Å². The summed E-state index contributed by atoms with van der Waals surface area (Å²) in [5, 5.41) is 7.99. The number of benzene rings is 1. The molecule has 6 heteroatoms. The molecule has 3 aromatic rings. The minimum absolute atomic E-state index is 0.234. The van der Waals surface area contributed by atoms with Gasteiger partial charge in [-0.05, 0) is 38.1 Å². The lowest BCUT2D eigenvalue weighted by molar-refractivity contribution is 0.518. The van der Waals surface area contributed by atoms with Crippen LogP contribution in [0.4, 0.5) is 11.8 Å². The first-order valence-electron chi connectivity index (χ1n) is 7.12. The number of aromatic nitrogens is 2. The van der Waals surface area contributed by atoms with Gasteiger partial charge in [0.1, 0.15) is 11.6 Å². The van der Waals surface area contributed by atoms with E-state index in [9.17, 15) is 0 Å². The Balaban J connectivity index is 1.99. The number of para-hydroxylation sites is 1. The molecule has 0 saturated carbocycles. The van der Waals surface area contributed by atoms with E-state index in [-0.39, 0.29) is 6.04 Å². The predicted octanol–water partition coefficient (Wildman–Crippen LogP) is 4.31. The molecule has 1 aromatic carbocycles. The highest BCUT2D eigenvalue weighted by Crippen LogP contribution is 2.28. The number of furan rings is 1. The number of nitrogens with zero attached hydrogens (tertiary/aromatic N) is 2. The van der Waals surface area contributed by atoms with Crippen molar-refractivity contribution in [3.63, 3.8) is 0 Å². The second-order valence-electron chi connectivity index (χ2n) is 5.26. The quantitative estimate of drug-likeness (QED) is 0.734. The fourth-order valence-electron chi connectivity index (χ4n) is 2.16. The molecule has 0 spiro atoms. The van der Waals surface area contributed by atoms with Crippen molar-refractivity contribution in [3.8, 4) is 0 Å². The summed E-state index contributed by atoms with van der Waals surface area (Å²) in [6, 6.07) is 9.67. The molecule has 0 aliphatic rings. The van der Waals surface area contributed by atoms with Crippen molar-refractivity contribution in [2.45, 2.75) is 26.4 Å². The zero-order chi connectivity index (χ0) is 15.5. The zero-order valence-corrected chi connectivity index (χ0v) is 13.2. The summed E-state index contributed by atoms with van der Waals surface area (Å²) in [7, 11) is 0. The molecule has 114 valence electrons. The minimum atomic E-state index is 0.234. The summed E-state index contributed by atoms with van der Waals surface area (Å²) in [5.41, 5.74) is 0.726. The Hall–Kier alpha value is -2.27. The molecule has 0 saturated heterocycles. The molecule has 2 heterocycles. The molecule has 0 aliphatic heterocycles. The van der Waals surface area contributed by atoms with E-state index in [1.165, 1.54) is 0 Å². The van der Waals surface area contributed by atoms with Crippen molar-refractivity contribution in [3.05, 3.63) is 47.4 Å². The number of halogens is 1. The Morgan fingerprint density at radius 1 is 1.18 bits per heavy atom. The number of hydrogen-bond acceptors (Lipinski definition) is 5. The van der Waals surface area contributed by atoms with Crippen LogP contribution < -0.4 is 10.6 Å². The highest BCUT2D eigenvalue weighted by atomic mass is 35.5. The Labute approximate surface area is 133 Å². The van der Waals surface area contributed by atoms with Gasteiger partial charge in [-0.3, -0.25) is 0 Å². The maximum absolute atomic E-state index is 6.27. The second kappa shape index (κ2) is 6.23. The zero-order valence-electron chi connectivity index (χ0n) is 12.4. The van der Waals surface area contributed by atoms with E-state index in [0.29, 0.717) is 17.5 Å². The van der Waals surface area contributed by atoms with Gasteiger partial charge in [0, 0.05) is 11.4 Å². The third-order valence-corrected chi connectivity index (χ3v) is 3.41. The van der Waals surface area contributed by atoms with E-state index in [2.05, 4.69) is 20.6 Å². The van der Waals surface area contributed by atoms with Crippen molar-refractivity contribution in [2.75, 3.05) is 10.6 Å². The maximum Gasteiger partial charge on any atom is 0.225 e. The Bertz CT molecular complexity index is 771. The molecule has 0 radical (unpaired) electrons. The van der Waals surface area contributed by atoms with Gasteiger partial charge >= 0.3 is 0 Å². The third-order valence-electron chi connectivity index (χ3n) is 3.11. The van der Waals surface area contributed by atoms with E-state index in [1.54, 1.807) is 6.26 Å². The van der Waals surface area contributed by atoms with Crippen molar-refractivity contribution >= 4 is 34.3 Å². The fourth-order valence-corrected chi connectivity index (χ4v) is 2.38. The molecular weight excluding hydrogens is 300 g/mol. The lowest BCUT2D eigenvalue weighted by Crippen LogP contribution is -2.14. The van der Waals surface area contributed by atoms with Crippen molar-refractivity contribution < 1.29 is 4.42 Å². The molecule has 0 bridgehead atoms. The molecule has 0 unspecified atom stereocenters. The van der Waals surface area contributed by atoms with E-state index < -0.39 is 0 Å². The summed E-state index contributed by atoms with van der Waals surface area (Å²) in [6.45, 7) is 4.62. The molecule has 3 rings (SSSR count). The average Bonchev–Trinajstić information content (AvgIpc) is 2.98. The molecule has 2 aromatic heterocycles. The van der Waals surface area contributed by atoms with Crippen LogP contribution in [0.2, 0.25) is 5.02 Å². The van der Waals surface area contributed by atoms with Gasteiger partial charge < -0.3 is 15.1 Å². The third kappa shape index (κ3) is 3.14. The summed E-state index contributed by atoms with van der Waals surface area (Å²) in [4.78, 5) is 9.05. The van der Waals surface area contributed by atoms with Crippen LogP contribution in [0.1, 0.15) is 19.6 Å². The Kier molecular flexibility index (Phi) is 4.15. The van der Waals surface area contributed by atoms with E-state index >= 15 is 0 Å². The van der Waals surface area contributed by atoms with E-state index in [1.807, 2.05) is 44.2 Å². The lowest BCUT2D eigenvalue weighted by Gasteiger charge is -2.13. The van der Waals surface area contributed by atoms with Crippen LogP contribution in [0.3, 0.4) is 0 Å². The van der Waals surface area contributed by atoms with Crippen LogP contribution in [0.25, 0.3) is 10.9 Å². The first kappa shape index (κ1) is 14.7. The fraction of sp³-hybridized carbons (Fsp3) is 0.250. The molecule has 0 fully saturated rings. The van der Waals surface area contributed by atoms with Gasteiger partial charge in [0.05, 0.1) is 23.3 Å². The van der Waals surface area contributed by atoms with Crippen LogP contribution in [0.5, 0.6) is 0 Å². The second-order valence-corrected chi connectivity index (χ2v) is 5.67. The van der Waals surface area contributed by atoms with Gasteiger partial charge in [-0.1, -0.05) is 17.7 Å². The molecule has 0 aliphatic carbocycles. The van der Waals surface area contributed by atoms with Crippen molar-refractivity contribution in [1.82, 2.24) is 9.97 Å². The summed E-state index contributed by atoms with van der Waals surface area (Å²) in [6.07, 6.45) is 1.65. The molecule has 5 nitrogen and oxygen atoms in total. The summed E-state index contributed by atoms with van der Waals surface area (Å²) >= 11 is 6.27. The smallest absolute Gasteiger partial charge is 0.225 e. The minimum Gasteiger partial charge on any atom is -0.467 e. The lowest BCUT2D eigenvalue weighted by atomic mass is 10.2. The van der Waals surface area contributed by atoms with E-state index in [0.717, 1.165) is 22.5 Å². The number of nitrogens with one attached hydrogen (secondary N) is 2. The van der Waals surface area contributed by atoms with E-state index in [4.69, 9.17) is 16.0 Å². The van der Waals surface area contributed by atoms with Gasteiger partial charge in [0.15, 0.2) is 0 Å². The predicted molar refractivity (Wildman–Crippen MR) is 89.3 cm³/mol. The molecular formula is C16H17ClN4O. The van der Waals surface area contributed by atoms with Gasteiger partial charge in [-0.2, -0.15) is 4.98 Å². The van der Waals surface area contributed by atoms with Crippen LogP contribution in [-0.2, 0) is 6.54 Å². The molecule has 22 heavy (non-hydrogen) atoms. The van der Waals surface area contributed by atoms with Crippen LogP contribution in [-0.4, -0.2) is 16.0 Å². The van der Waals surface area contributed by atoms with Gasteiger partial charge in [-0.15, -0.1) is 0 Å². The molecule has 2 N–H and O–H groups in total. The highest BCUT2D eigenvalue weighted by Gasteiger charge is 2.11. The maximum atomic E-state index is 6.27. The monoisotopic (exact) mass is 316 g/mol. The summed E-state index contributed by atoms with van der Waals surface area (Å²) < 4.78 is 5.34. The van der Waals surface area contributed by atoms with Crippen LogP contribution >= 0.6 is 11.6 Å². The first-order chi connectivity index (χ1) is 10.6. The van der Waals surface area contributed by atoms with Crippen LogP contribution in [0.15, 0.2) is 41.0 Å². The number of anilines is 2.